The van der Waals surface area contributed by atoms with E-state index in [9.17, 15) is 4.79 Å². The zero-order valence-corrected chi connectivity index (χ0v) is 14.9. The van der Waals surface area contributed by atoms with Crippen molar-refractivity contribution in [2.75, 3.05) is 5.32 Å². The normalized spacial score (nSPS) is 13.9. The molecule has 1 N–H and O–H groups in total. The van der Waals surface area contributed by atoms with E-state index in [1.807, 2.05) is 0 Å². The lowest BCUT2D eigenvalue weighted by Crippen LogP contribution is -2.21. The third-order valence-corrected chi connectivity index (χ3v) is 3.67. The lowest BCUT2D eigenvalue weighted by atomic mass is 9.80. The molecule has 0 aliphatic carbocycles. The van der Waals surface area contributed by atoms with Crippen molar-refractivity contribution in [3.8, 4) is 0 Å². The third kappa shape index (κ3) is 5.53. The van der Waals surface area contributed by atoms with E-state index < -0.39 is 0 Å². The molecule has 1 aromatic carbocycles. The zero-order chi connectivity index (χ0) is 16.4. The van der Waals surface area contributed by atoms with Crippen molar-refractivity contribution in [3.63, 3.8) is 0 Å². The van der Waals surface area contributed by atoms with Crippen LogP contribution in [0, 0.1) is 0 Å². The van der Waals surface area contributed by atoms with E-state index in [1.54, 1.807) is 6.92 Å². The smallest absolute Gasteiger partial charge is 0.131 e. The largest absolute Gasteiger partial charge is 0.382 e. The molecule has 2 nitrogen and oxygen atoms in total. The molecule has 21 heavy (non-hydrogen) atoms. The van der Waals surface area contributed by atoms with Crippen LogP contribution in [0.4, 0.5) is 5.69 Å². The summed E-state index contributed by atoms with van der Waals surface area (Å²) >= 11 is 0. The van der Waals surface area contributed by atoms with E-state index in [4.69, 9.17) is 0 Å². The van der Waals surface area contributed by atoms with Gasteiger partial charge in [-0.25, -0.2) is 0 Å². The van der Waals surface area contributed by atoms with Crippen molar-refractivity contribution >= 4 is 11.5 Å². The van der Waals surface area contributed by atoms with Crippen molar-refractivity contribution in [1.82, 2.24) is 0 Å². The predicted octanol–water partition coefficient (Wildman–Crippen LogP) is 5.06. The van der Waals surface area contributed by atoms with Crippen LogP contribution in [0.1, 0.15) is 72.9 Å². The number of hydrogen-bond donors (Lipinski definition) is 1. The Balaban J connectivity index is 3.17. The first-order valence-corrected chi connectivity index (χ1v) is 7.81. The second-order valence-electron chi connectivity index (χ2n) is 8.25. The van der Waals surface area contributed by atoms with E-state index in [2.05, 4.69) is 72.0 Å². The van der Waals surface area contributed by atoms with Crippen molar-refractivity contribution in [1.29, 1.82) is 0 Å². The summed E-state index contributed by atoms with van der Waals surface area (Å²) in [6.45, 7) is 17.1. The van der Waals surface area contributed by atoms with Crippen LogP contribution >= 0.6 is 0 Å². The molecule has 0 heterocycles. The lowest BCUT2D eigenvalue weighted by Gasteiger charge is -2.27. The van der Waals surface area contributed by atoms with Crippen LogP contribution in [-0.2, 0) is 15.6 Å². The van der Waals surface area contributed by atoms with Gasteiger partial charge in [0.1, 0.15) is 5.78 Å². The van der Waals surface area contributed by atoms with Gasteiger partial charge in [0.25, 0.3) is 0 Å². The highest BCUT2D eigenvalue weighted by atomic mass is 16.1. The van der Waals surface area contributed by atoms with Crippen LogP contribution in [0.2, 0.25) is 0 Å². The average Bonchev–Trinajstić information content (AvgIpc) is 2.24. The first-order chi connectivity index (χ1) is 9.39. The minimum Gasteiger partial charge on any atom is -0.382 e. The summed E-state index contributed by atoms with van der Waals surface area (Å²) in [5.74, 6) is 0.220. The maximum Gasteiger partial charge on any atom is 0.131 e. The molecule has 118 valence electrons. The first kappa shape index (κ1) is 17.7. The number of rotatable bonds is 4. The molecular weight excluding hydrogens is 258 g/mol. The average molecular weight is 289 g/mol. The van der Waals surface area contributed by atoms with E-state index >= 15 is 0 Å². The van der Waals surface area contributed by atoms with E-state index in [0.717, 1.165) is 5.69 Å². The molecule has 0 bridgehead atoms. The minimum absolute atomic E-state index is 0.113. The highest BCUT2D eigenvalue weighted by Crippen LogP contribution is 2.32. The van der Waals surface area contributed by atoms with E-state index in [0.29, 0.717) is 6.42 Å². The minimum atomic E-state index is 0.113. The van der Waals surface area contributed by atoms with Crippen molar-refractivity contribution < 1.29 is 4.79 Å². The molecule has 1 atom stereocenters. The number of nitrogens with one attached hydrogen (secondary N) is 1. The summed E-state index contributed by atoms with van der Waals surface area (Å²) in [7, 11) is 0. The first-order valence-electron chi connectivity index (χ1n) is 7.81. The van der Waals surface area contributed by atoms with Gasteiger partial charge in [-0.1, -0.05) is 47.6 Å². The third-order valence-electron chi connectivity index (χ3n) is 3.67. The quantitative estimate of drug-likeness (QED) is 0.839. The molecule has 0 saturated heterocycles. The second kappa shape index (κ2) is 6.21. The van der Waals surface area contributed by atoms with Gasteiger partial charge >= 0.3 is 0 Å². The molecule has 0 spiro atoms. The molecule has 0 aliphatic rings. The highest BCUT2D eigenvalue weighted by molar-refractivity contribution is 5.76. The fraction of sp³-hybridized carbons (Fsp3) is 0.632. The topological polar surface area (TPSA) is 29.1 Å². The number of anilines is 1. The Morgan fingerprint density at radius 3 is 1.76 bits per heavy atom. The molecular formula is C19H31NO. The fourth-order valence-corrected chi connectivity index (χ4v) is 2.34. The molecule has 0 radical (unpaired) electrons. The maximum absolute atomic E-state index is 11.3. The van der Waals surface area contributed by atoms with E-state index in [-0.39, 0.29) is 22.7 Å². The standard InChI is InChI=1S/C19H31NO/c1-13(9-14(2)21)20-17-11-15(18(3,4)5)10-16(12-17)19(6,7)8/h10-13,20H,9H2,1-8H3. The monoisotopic (exact) mass is 289 g/mol. The van der Waals surface area contributed by atoms with Crippen LogP contribution < -0.4 is 5.32 Å². The molecule has 0 amide bonds. The predicted molar refractivity (Wildman–Crippen MR) is 92.2 cm³/mol. The van der Waals surface area contributed by atoms with Crippen LogP contribution in [-0.4, -0.2) is 11.8 Å². The summed E-state index contributed by atoms with van der Waals surface area (Å²) < 4.78 is 0. The summed E-state index contributed by atoms with van der Waals surface area (Å²) in [4.78, 5) is 11.3. The van der Waals surface area contributed by atoms with Crippen LogP contribution in [0.3, 0.4) is 0 Å². The van der Waals surface area contributed by atoms with Gasteiger partial charge in [0, 0.05) is 18.2 Å². The molecule has 1 rings (SSSR count). The van der Waals surface area contributed by atoms with Crippen molar-refractivity contribution in [2.45, 2.75) is 78.7 Å². The van der Waals surface area contributed by atoms with Gasteiger partial charge in [0.05, 0.1) is 0 Å². The van der Waals surface area contributed by atoms with Gasteiger partial charge in [0.15, 0.2) is 0 Å². The van der Waals surface area contributed by atoms with Crippen molar-refractivity contribution in [3.05, 3.63) is 29.3 Å². The SMILES string of the molecule is CC(=O)CC(C)Nc1cc(C(C)(C)C)cc(C(C)(C)C)c1. The van der Waals surface area contributed by atoms with Gasteiger partial charge in [-0.3, -0.25) is 4.79 Å². The van der Waals surface area contributed by atoms with Gasteiger partial charge in [0.2, 0.25) is 0 Å². The Bertz CT molecular complexity index is 471. The number of benzene rings is 1. The maximum atomic E-state index is 11.3. The number of carbonyl (C=O) groups excluding carboxylic acids is 1. The second-order valence-corrected chi connectivity index (χ2v) is 8.25. The van der Waals surface area contributed by atoms with Gasteiger partial charge in [-0.05, 0) is 47.9 Å². The summed E-state index contributed by atoms with van der Waals surface area (Å²) in [6, 6.07) is 6.89. The molecule has 1 aromatic rings. The summed E-state index contributed by atoms with van der Waals surface area (Å²) in [6.07, 6.45) is 0.560. The Hall–Kier alpha value is -1.31. The molecule has 1 unspecified atom stereocenters. The highest BCUT2D eigenvalue weighted by Gasteiger charge is 2.20. The Labute approximate surface area is 130 Å². The van der Waals surface area contributed by atoms with Gasteiger partial charge in [-0.2, -0.15) is 0 Å². The van der Waals surface area contributed by atoms with Gasteiger partial charge < -0.3 is 5.32 Å². The van der Waals surface area contributed by atoms with Crippen molar-refractivity contribution in [2.24, 2.45) is 0 Å². The molecule has 0 aromatic heterocycles. The van der Waals surface area contributed by atoms with E-state index in [1.165, 1.54) is 11.1 Å². The Morgan fingerprint density at radius 1 is 1.00 bits per heavy atom. The number of Topliss-reactive ketones (excluding diaryl/α,β-unsaturated/α-hetero) is 1. The fourth-order valence-electron chi connectivity index (χ4n) is 2.34. The number of hydrogen-bond acceptors (Lipinski definition) is 2. The van der Waals surface area contributed by atoms with Crippen LogP contribution in [0.5, 0.6) is 0 Å². The molecule has 0 saturated carbocycles. The molecule has 0 aliphatic heterocycles. The Kier molecular flexibility index (Phi) is 5.25. The van der Waals surface area contributed by atoms with Crippen LogP contribution in [0.25, 0.3) is 0 Å². The number of carbonyl (C=O) groups is 1. The number of ketones is 1. The molecule has 2 heteroatoms. The molecule has 0 fully saturated rings. The lowest BCUT2D eigenvalue weighted by molar-refractivity contribution is -0.117. The zero-order valence-electron chi connectivity index (χ0n) is 14.9. The summed E-state index contributed by atoms with van der Waals surface area (Å²) in [5, 5.41) is 3.48. The Morgan fingerprint density at radius 2 is 1.43 bits per heavy atom. The van der Waals surface area contributed by atoms with Crippen LogP contribution in [0.15, 0.2) is 18.2 Å². The summed E-state index contributed by atoms with van der Waals surface area (Å²) in [5.41, 5.74) is 3.99. The van der Waals surface area contributed by atoms with Gasteiger partial charge in [-0.15, -0.1) is 0 Å².